The van der Waals surface area contributed by atoms with Gasteiger partial charge in [-0.3, -0.25) is 4.79 Å². The van der Waals surface area contributed by atoms with Gasteiger partial charge in [-0.05, 0) is 38.0 Å². The average Bonchev–Trinajstić information content (AvgIpc) is 2.89. The number of nitrogens with two attached hydrogens (primary N) is 1. The zero-order chi connectivity index (χ0) is 30.4. The van der Waals surface area contributed by atoms with E-state index in [2.05, 4.69) is 0 Å². The number of halogens is 3. The topological polar surface area (TPSA) is 178 Å². The number of benzene rings is 1. The number of allylic oxidation sites excluding steroid dienone is 2. The van der Waals surface area contributed by atoms with E-state index in [1.807, 2.05) is 6.07 Å². The van der Waals surface area contributed by atoms with Crippen molar-refractivity contribution in [2.45, 2.75) is 39.8 Å². The van der Waals surface area contributed by atoms with Crippen LogP contribution in [0.15, 0.2) is 47.2 Å². The number of amides is 1. The van der Waals surface area contributed by atoms with Crippen LogP contribution in [0, 0.1) is 45.3 Å². The van der Waals surface area contributed by atoms with Crippen molar-refractivity contribution in [1.82, 2.24) is 4.90 Å². The standard InChI is InChI=1S/C21H16F3N5O.3C2H6O/c1-12(30)29-7-6-13-15(8-25)19(28)20(10-26,11-27)18(16(13)9-29)14-4-2-3-5-17(14)21(22,23)24;3*1-2-3/h2-6,16,18H,7,9,28H2,1H3;3*3H,2H2,1H3. The normalized spacial score (nSPS) is 18.9. The smallest absolute Gasteiger partial charge is 0.399 e. The van der Waals surface area contributed by atoms with Crippen molar-refractivity contribution in [3.05, 3.63) is 58.3 Å². The van der Waals surface area contributed by atoms with Crippen LogP contribution in [-0.2, 0) is 11.0 Å². The van der Waals surface area contributed by atoms with Crippen molar-refractivity contribution >= 4 is 5.91 Å². The molecule has 12 heteroatoms. The van der Waals surface area contributed by atoms with Crippen molar-refractivity contribution in [2.24, 2.45) is 17.1 Å². The molecule has 2 unspecified atom stereocenters. The molecule has 0 radical (unpaired) electrons. The molecule has 1 amide bonds. The number of fused-ring (bicyclic) bond motifs is 1. The first kappa shape index (κ1) is 35.1. The third kappa shape index (κ3) is 8.05. The van der Waals surface area contributed by atoms with Gasteiger partial charge in [0.1, 0.15) is 6.07 Å². The molecule has 1 heterocycles. The number of nitriles is 3. The fraction of sp³-hybridized carbons (Fsp3) is 0.481. The van der Waals surface area contributed by atoms with Gasteiger partial charge in [-0.1, -0.05) is 24.3 Å². The van der Waals surface area contributed by atoms with Crippen LogP contribution >= 0.6 is 0 Å². The average molecular weight is 550 g/mol. The molecule has 1 aliphatic heterocycles. The Labute approximate surface area is 226 Å². The lowest BCUT2D eigenvalue weighted by molar-refractivity contribution is -0.139. The molecule has 0 saturated heterocycles. The number of carbonyl (C=O) groups is 1. The van der Waals surface area contributed by atoms with Crippen molar-refractivity contribution in [2.75, 3.05) is 32.9 Å². The Morgan fingerprint density at radius 3 is 1.97 bits per heavy atom. The summed E-state index contributed by atoms with van der Waals surface area (Å²) in [5, 5.41) is 52.2. The maximum atomic E-state index is 13.8. The van der Waals surface area contributed by atoms with Crippen LogP contribution in [0.5, 0.6) is 0 Å². The first-order chi connectivity index (χ1) is 18.4. The summed E-state index contributed by atoms with van der Waals surface area (Å²) in [7, 11) is 0. The summed E-state index contributed by atoms with van der Waals surface area (Å²) in [5.74, 6) is -2.52. The molecule has 3 rings (SSSR count). The Balaban J connectivity index is 0.00000141. The van der Waals surface area contributed by atoms with Gasteiger partial charge in [0.15, 0.2) is 5.41 Å². The first-order valence-corrected chi connectivity index (χ1v) is 12.0. The number of hydrogen-bond acceptors (Lipinski definition) is 8. The van der Waals surface area contributed by atoms with E-state index < -0.39 is 29.0 Å². The number of alkyl halides is 3. The zero-order valence-corrected chi connectivity index (χ0v) is 22.3. The molecule has 1 aromatic carbocycles. The van der Waals surface area contributed by atoms with E-state index in [0.717, 1.165) is 6.07 Å². The molecule has 1 aromatic rings. The van der Waals surface area contributed by atoms with E-state index in [9.17, 15) is 33.8 Å². The van der Waals surface area contributed by atoms with E-state index in [0.29, 0.717) is 5.57 Å². The number of hydrogen-bond donors (Lipinski definition) is 4. The van der Waals surface area contributed by atoms with Crippen LogP contribution in [-0.4, -0.2) is 59.0 Å². The Hall–Kier alpha value is -3.89. The van der Waals surface area contributed by atoms with Crippen LogP contribution in [0.1, 0.15) is 44.7 Å². The van der Waals surface area contributed by atoms with Crippen molar-refractivity contribution in [3.8, 4) is 18.2 Å². The third-order valence-corrected chi connectivity index (χ3v) is 5.71. The lowest BCUT2D eigenvalue weighted by Gasteiger charge is -2.46. The molecule has 2 aliphatic rings. The van der Waals surface area contributed by atoms with E-state index in [1.165, 1.54) is 30.0 Å². The minimum absolute atomic E-state index is 0.0401. The first-order valence-electron chi connectivity index (χ1n) is 12.0. The highest BCUT2D eigenvalue weighted by molar-refractivity contribution is 5.74. The van der Waals surface area contributed by atoms with Crippen molar-refractivity contribution in [1.29, 1.82) is 15.8 Å². The second-order valence-corrected chi connectivity index (χ2v) is 8.13. The fourth-order valence-corrected chi connectivity index (χ4v) is 4.31. The predicted octanol–water partition coefficient (Wildman–Crippen LogP) is 2.97. The number of carbonyl (C=O) groups excluding carboxylic acids is 1. The van der Waals surface area contributed by atoms with Gasteiger partial charge >= 0.3 is 6.18 Å². The Morgan fingerprint density at radius 2 is 1.56 bits per heavy atom. The monoisotopic (exact) mass is 549 g/mol. The van der Waals surface area contributed by atoms with Crippen LogP contribution in [0.2, 0.25) is 0 Å². The summed E-state index contributed by atoms with van der Waals surface area (Å²) in [4.78, 5) is 13.3. The number of nitrogens with zero attached hydrogens (tertiary/aromatic N) is 4. The molecule has 0 saturated carbocycles. The summed E-state index contributed by atoms with van der Waals surface area (Å²) in [6.07, 6.45) is -3.18. The maximum Gasteiger partial charge on any atom is 0.416 e. The molecule has 1 aliphatic carbocycles. The summed E-state index contributed by atoms with van der Waals surface area (Å²) in [6.45, 7) is 7.22. The van der Waals surface area contributed by atoms with Crippen LogP contribution in [0.4, 0.5) is 13.2 Å². The second-order valence-electron chi connectivity index (χ2n) is 8.13. The maximum absolute atomic E-state index is 13.8. The minimum Gasteiger partial charge on any atom is -0.399 e. The van der Waals surface area contributed by atoms with E-state index in [1.54, 1.807) is 39.0 Å². The quantitative estimate of drug-likeness (QED) is 0.413. The van der Waals surface area contributed by atoms with E-state index in [-0.39, 0.29) is 55.7 Å². The highest BCUT2D eigenvalue weighted by Gasteiger charge is 2.56. The Morgan fingerprint density at radius 1 is 1.08 bits per heavy atom. The van der Waals surface area contributed by atoms with Gasteiger partial charge < -0.3 is 26.0 Å². The van der Waals surface area contributed by atoms with Crippen LogP contribution in [0.25, 0.3) is 0 Å². The van der Waals surface area contributed by atoms with E-state index in [4.69, 9.17) is 21.1 Å². The summed E-state index contributed by atoms with van der Waals surface area (Å²) in [6, 6.07) is 10.2. The molecule has 0 spiro atoms. The van der Waals surface area contributed by atoms with E-state index >= 15 is 0 Å². The lowest BCUT2D eigenvalue weighted by atomic mass is 9.57. The molecule has 39 heavy (non-hydrogen) atoms. The summed E-state index contributed by atoms with van der Waals surface area (Å²) in [5.41, 5.74) is 2.53. The van der Waals surface area contributed by atoms with Gasteiger partial charge in [0.05, 0.1) is 29.0 Å². The van der Waals surface area contributed by atoms with Crippen molar-refractivity contribution in [3.63, 3.8) is 0 Å². The molecule has 2 atom stereocenters. The second kappa shape index (κ2) is 16.2. The summed E-state index contributed by atoms with van der Waals surface area (Å²) >= 11 is 0. The third-order valence-electron chi connectivity index (χ3n) is 5.71. The molecule has 9 nitrogen and oxygen atoms in total. The number of aliphatic hydroxyl groups excluding tert-OH is 3. The van der Waals surface area contributed by atoms with Crippen LogP contribution in [0.3, 0.4) is 0 Å². The summed E-state index contributed by atoms with van der Waals surface area (Å²) < 4.78 is 41.4. The lowest BCUT2D eigenvalue weighted by Crippen LogP contribution is -2.49. The minimum atomic E-state index is -4.74. The Kier molecular flexibility index (Phi) is 14.5. The SMILES string of the molecule is CC(=O)N1CC=C2C(C#N)=C(N)C(C#N)(C#N)C(c3ccccc3C(F)(F)F)C2C1.CCO.CCO.CCO. The fourth-order valence-electron chi connectivity index (χ4n) is 4.31. The van der Waals surface area contributed by atoms with Gasteiger partial charge in [0.2, 0.25) is 5.91 Å². The van der Waals surface area contributed by atoms with Gasteiger partial charge in [-0.15, -0.1) is 0 Å². The molecule has 0 aromatic heterocycles. The largest absolute Gasteiger partial charge is 0.416 e. The molecular weight excluding hydrogens is 515 g/mol. The zero-order valence-electron chi connectivity index (χ0n) is 22.3. The van der Waals surface area contributed by atoms with Gasteiger partial charge in [-0.2, -0.15) is 29.0 Å². The number of rotatable bonds is 1. The number of aliphatic hydroxyl groups is 3. The van der Waals surface area contributed by atoms with Gasteiger partial charge in [0.25, 0.3) is 0 Å². The highest BCUT2D eigenvalue weighted by Crippen LogP contribution is 2.55. The molecular formula is C27H34F3N5O4. The van der Waals surface area contributed by atoms with Crippen LogP contribution < -0.4 is 5.73 Å². The van der Waals surface area contributed by atoms with Gasteiger partial charge in [0, 0.05) is 51.7 Å². The molecule has 0 fully saturated rings. The molecule has 212 valence electrons. The molecule has 0 bridgehead atoms. The highest BCUT2D eigenvalue weighted by atomic mass is 19.4. The Bertz CT molecular complexity index is 1140. The van der Waals surface area contributed by atoms with Gasteiger partial charge in [-0.25, -0.2) is 0 Å². The molecule has 5 N–H and O–H groups in total. The van der Waals surface area contributed by atoms with Crippen molar-refractivity contribution < 1.29 is 33.3 Å². The predicted molar refractivity (Wildman–Crippen MR) is 137 cm³/mol.